The van der Waals surface area contributed by atoms with Crippen LogP contribution in [0.5, 0.6) is 0 Å². The van der Waals surface area contributed by atoms with Crippen LogP contribution in [-0.2, 0) is 19.9 Å². The molecular weight excluding hydrogens is 488 g/mol. The largest absolute Gasteiger partial charge is 0.430 e. The standard InChI is InChI=1S/C25H25ClF4N2O3/c1-35-24(25(28,29)30,16-5-3-2-4-6-16)22(34)32-11-9-23(10-12-32)14-21(33)31-15-19(23)18-8-7-17(27)13-20(18)26/h2-8,13,19H,9-12,14-15H2,1H3,(H,31,33)/t19-,24-/m1/s1. The molecule has 2 fully saturated rings. The first-order chi connectivity index (χ1) is 16.5. The topological polar surface area (TPSA) is 58.6 Å². The van der Waals surface area contributed by atoms with E-state index in [0.29, 0.717) is 5.56 Å². The summed E-state index contributed by atoms with van der Waals surface area (Å²) in [6.07, 6.45) is -4.28. The third-order valence-electron chi connectivity index (χ3n) is 7.33. The number of rotatable bonds is 4. The number of carbonyl (C=O) groups is 2. The fraction of sp³-hybridized carbons (Fsp3) is 0.440. The Balaban J connectivity index is 1.63. The summed E-state index contributed by atoms with van der Waals surface area (Å²) in [5.74, 6) is -2.12. The predicted molar refractivity (Wildman–Crippen MR) is 121 cm³/mol. The first-order valence-corrected chi connectivity index (χ1v) is 11.6. The highest BCUT2D eigenvalue weighted by molar-refractivity contribution is 6.31. The molecule has 0 unspecified atom stereocenters. The van der Waals surface area contributed by atoms with Gasteiger partial charge in [-0.1, -0.05) is 48.0 Å². The Labute approximate surface area is 205 Å². The Bertz CT molecular complexity index is 1100. The smallest absolute Gasteiger partial charge is 0.356 e. The molecule has 1 spiro atoms. The number of amides is 2. The number of carbonyl (C=O) groups excluding carboxylic acids is 2. The van der Waals surface area contributed by atoms with Crippen LogP contribution in [0.15, 0.2) is 48.5 Å². The molecule has 2 atom stereocenters. The second-order valence-electron chi connectivity index (χ2n) is 9.10. The average molecular weight is 513 g/mol. The van der Waals surface area contributed by atoms with E-state index in [-0.39, 0.29) is 61.3 Å². The van der Waals surface area contributed by atoms with E-state index in [1.165, 1.54) is 36.4 Å². The maximum atomic E-state index is 14.4. The lowest BCUT2D eigenvalue weighted by molar-refractivity contribution is -0.271. The molecule has 10 heteroatoms. The number of hydrogen-bond acceptors (Lipinski definition) is 3. The van der Waals surface area contributed by atoms with Gasteiger partial charge >= 0.3 is 6.18 Å². The van der Waals surface area contributed by atoms with Gasteiger partial charge in [-0.25, -0.2) is 4.39 Å². The van der Waals surface area contributed by atoms with Gasteiger partial charge in [0.1, 0.15) is 5.82 Å². The van der Waals surface area contributed by atoms with E-state index in [1.54, 1.807) is 12.1 Å². The van der Waals surface area contributed by atoms with Crippen molar-refractivity contribution in [2.45, 2.75) is 37.0 Å². The van der Waals surface area contributed by atoms with Crippen LogP contribution in [0.1, 0.15) is 36.3 Å². The SMILES string of the molecule is CO[C@@](C(=O)N1CCC2(CC1)CC(=O)NC[C@@H]2c1ccc(F)cc1Cl)(c1ccccc1)C(F)(F)F. The normalized spacial score (nSPS) is 21.9. The molecule has 2 saturated heterocycles. The lowest BCUT2D eigenvalue weighted by atomic mass is 9.62. The van der Waals surface area contributed by atoms with Crippen molar-refractivity contribution in [1.29, 1.82) is 0 Å². The summed E-state index contributed by atoms with van der Waals surface area (Å²) in [4.78, 5) is 26.9. The van der Waals surface area contributed by atoms with Gasteiger partial charge in [-0.05, 0) is 36.0 Å². The minimum absolute atomic E-state index is 0.00938. The van der Waals surface area contributed by atoms with E-state index in [1.807, 2.05) is 0 Å². The highest BCUT2D eigenvalue weighted by Gasteiger charge is 2.64. The number of piperidine rings is 2. The lowest BCUT2D eigenvalue weighted by Gasteiger charge is -2.50. The molecule has 2 aromatic rings. The van der Waals surface area contributed by atoms with Gasteiger partial charge in [-0.3, -0.25) is 9.59 Å². The number of nitrogens with zero attached hydrogens (tertiary/aromatic N) is 1. The van der Waals surface area contributed by atoms with Gasteiger partial charge in [0.2, 0.25) is 5.91 Å². The number of alkyl halides is 3. The molecule has 2 heterocycles. The van der Waals surface area contributed by atoms with Gasteiger partial charge in [0.05, 0.1) is 0 Å². The van der Waals surface area contributed by atoms with E-state index in [4.69, 9.17) is 16.3 Å². The summed E-state index contributed by atoms with van der Waals surface area (Å²) in [7, 11) is 0.877. The Morgan fingerprint density at radius 3 is 2.37 bits per heavy atom. The Kier molecular flexibility index (Phi) is 6.85. The van der Waals surface area contributed by atoms with Crippen LogP contribution >= 0.6 is 11.6 Å². The second-order valence-corrected chi connectivity index (χ2v) is 9.51. The van der Waals surface area contributed by atoms with Crippen LogP contribution in [0, 0.1) is 11.2 Å². The van der Waals surface area contributed by atoms with Crippen LogP contribution < -0.4 is 5.32 Å². The van der Waals surface area contributed by atoms with Crippen molar-refractivity contribution in [3.05, 3.63) is 70.5 Å². The highest BCUT2D eigenvalue weighted by Crippen LogP contribution is 2.51. The zero-order chi connectivity index (χ0) is 25.4. The minimum Gasteiger partial charge on any atom is -0.356 e. The second kappa shape index (κ2) is 9.43. The molecule has 2 amide bonds. The molecule has 2 aromatic carbocycles. The minimum atomic E-state index is -5.00. The van der Waals surface area contributed by atoms with Gasteiger partial charge in [0.25, 0.3) is 11.5 Å². The molecule has 0 bridgehead atoms. The van der Waals surface area contributed by atoms with Crippen molar-refractivity contribution >= 4 is 23.4 Å². The van der Waals surface area contributed by atoms with Crippen molar-refractivity contribution < 1.29 is 31.9 Å². The average Bonchev–Trinajstić information content (AvgIpc) is 2.81. The Hall–Kier alpha value is -2.65. The van der Waals surface area contributed by atoms with Crippen LogP contribution in [0.25, 0.3) is 0 Å². The highest BCUT2D eigenvalue weighted by atomic mass is 35.5. The van der Waals surface area contributed by atoms with Crippen LogP contribution in [0.2, 0.25) is 5.02 Å². The first-order valence-electron chi connectivity index (χ1n) is 11.2. The quantitative estimate of drug-likeness (QED) is 0.599. The van der Waals surface area contributed by atoms with Crippen LogP contribution in [-0.4, -0.2) is 49.6 Å². The van der Waals surface area contributed by atoms with Gasteiger partial charge in [0, 0.05) is 49.7 Å². The Morgan fingerprint density at radius 2 is 1.80 bits per heavy atom. The summed E-state index contributed by atoms with van der Waals surface area (Å²) in [5.41, 5.74) is -3.39. The van der Waals surface area contributed by atoms with E-state index in [0.717, 1.165) is 12.0 Å². The molecule has 0 aromatic heterocycles. The van der Waals surface area contributed by atoms with Crippen LogP contribution in [0.3, 0.4) is 0 Å². The fourth-order valence-corrected chi connectivity index (χ4v) is 5.77. The number of benzene rings is 2. The number of ether oxygens (including phenoxy) is 1. The fourth-order valence-electron chi connectivity index (χ4n) is 5.47. The monoisotopic (exact) mass is 512 g/mol. The molecular formula is C25H25ClF4N2O3. The lowest BCUT2D eigenvalue weighted by Crippen LogP contribution is -2.60. The first kappa shape index (κ1) is 25.4. The van der Waals surface area contributed by atoms with Crippen molar-refractivity contribution in [2.75, 3.05) is 26.7 Å². The van der Waals surface area contributed by atoms with Gasteiger partial charge in [-0.2, -0.15) is 13.2 Å². The molecule has 2 aliphatic rings. The number of methoxy groups -OCH3 is 1. The third kappa shape index (κ3) is 4.40. The number of likely N-dealkylation sites (tertiary alicyclic amines) is 1. The summed E-state index contributed by atoms with van der Waals surface area (Å²) < 4.78 is 61.6. The van der Waals surface area contributed by atoms with Crippen molar-refractivity contribution in [3.8, 4) is 0 Å². The van der Waals surface area contributed by atoms with Crippen molar-refractivity contribution in [2.24, 2.45) is 5.41 Å². The summed E-state index contributed by atoms with van der Waals surface area (Å²) in [6.45, 7) is 0.289. The van der Waals surface area contributed by atoms with Gasteiger partial charge < -0.3 is 15.0 Å². The zero-order valence-corrected chi connectivity index (χ0v) is 19.8. The summed E-state index contributed by atoms with van der Waals surface area (Å²) in [6, 6.07) is 10.9. The maximum absolute atomic E-state index is 14.4. The number of nitrogens with one attached hydrogen (secondary N) is 1. The molecule has 0 saturated carbocycles. The van der Waals surface area contributed by atoms with E-state index in [9.17, 15) is 27.2 Å². The van der Waals surface area contributed by atoms with E-state index >= 15 is 0 Å². The summed E-state index contributed by atoms with van der Waals surface area (Å²) in [5, 5.41) is 3.04. The molecule has 1 N–H and O–H groups in total. The third-order valence-corrected chi connectivity index (χ3v) is 7.65. The van der Waals surface area contributed by atoms with Crippen molar-refractivity contribution in [3.63, 3.8) is 0 Å². The van der Waals surface area contributed by atoms with Crippen LogP contribution in [0.4, 0.5) is 17.6 Å². The van der Waals surface area contributed by atoms with Crippen molar-refractivity contribution in [1.82, 2.24) is 10.2 Å². The molecule has 0 radical (unpaired) electrons. The molecule has 4 rings (SSSR count). The van der Waals surface area contributed by atoms with E-state index < -0.39 is 28.9 Å². The maximum Gasteiger partial charge on any atom is 0.430 e. The predicted octanol–water partition coefficient (Wildman–Crippen LogP) is 4.80. The summed E-state index contributed by atoms with van der Waals surface area (Å²) >= 11 is 6.32. The number of halogens is 5. The molecule has 188 valence electrons. The zero-order valence-electron chi connectivity index (χ0n) is 19.0. The van der Waals surface area contributed by atoms with Gasteiger partial charge in [0.15, 0.2) is 0 Å². The molecule has 35 heavy (non-hydrogen) atoms. The molecule has 5 nitrogen and oxygen atoms in total. The molecule has 2 aliphatic heterocycles. The number of hydrogen-bond donors (Lipinski definition) is 1. The molecule has 0 aliphatic carbocycles. The Morgan fingerprint density at radius 1 is 1.14 bits per heavy atom. The van der Waals surface area contributed by atoms with E-state index in [2.05, 4.69) is 5.32 Å². The van der Waals surface area contributed by atoms with Gasteiger partial charge in [-0.15, -0.1) is 0 Å².